The minimum absolute atomic E-state index is 0.0371. The van der Waals surface area contributed by atoms with Crippen molar-refractivity contribution in [3.05, 3.63) is 95.6 Å². The molecule has 0 aliphatic heterocycles. The van der Waals surface area contributed by atoms with Crippen LogP contribution in [-0.2, 0) is 29.9 Å². The molecule has 2 saturated carbocycles. The number of rotatable bonds is 11. The third-order valence-electron chi connectivity index (χ3n) is 12.7. The lowest BCUT2D eigenvalue weighted by atomic mass is 9.55. The molecule has 0 spiro atoms. The Hall–Kier alpha value is -2.25. The Morgan fingerprint density at radius 2 is 1.48 bits per heavy atom. The Morgan fingerprint density at radius 3 is 2.08 bits per heavy atom. The van der Waals surface area contributed by atoms with Crippen molar-refractivity contribution in [2.24, 2.45) is 17.3 Å². The molecule has 260 valence electrons. The molecule has 5 atom stereocenters. The SMILES string of the molecule is CCCCCOS(=O)(=O)C(C)(C)c1ccc2c(c1)CC[C@@H]1[C@@H]2CC[C@]2(C)[C@@H](O[Si](c3ccccc3)(c3ccccc3)C(C)(C)C)CC[C@@H]12. The van der Waals surface area contributed by atoms with E-state index in [0.29, 0.717) is 17.8 Å². The third-order valence-corrected chi connectivity index (χ3v) is 19.7. The average Bonchev–Trinajstić information content (AvgIpc) is 3.41. The number of hydrogen-bond acceptors (Lipinski definition) is 4. The van der Waals surface area contributed by atoms with Crippen LogP contribution in [0.2, 0.25) is 5.04 Å². The summed E-state index contributed by atoms with van der Waals surface area (Å²) >= 11 is 0. The van der Waals surface area contributed by atoms with Crippen molar-refractivity contribution in [2.45, 2.75) is 128 Å². The van der Waals surface area contributed by atoms with E-state index >= 15 is 0 Å². The van der Waals surface area contributed by atoms with Crippen LogP contribution in [0.4, 0.5) is 0 Å². The fourth-order valence-electron chi connectivity index (χ4n) is 9.82. The molecular weight excluding hydrogens is 629 g/mol. The van der Waals surface area contributed by atoms with Crippen molar-refractivity contribution < 1.29 is 17.0 Å². The molecule has 0 heterocycles. The molecule has 0 unspecified atom stereocenters. The Balaban J connectivity index is 1.26. The molecule has 6 heteroatoms. The molecule has 6 rings (SSSR count). The molecule has 3 aliphatic carbocycles. The Kier molecular flexibility index (Phi) is 9.98. The predicted molar refractivity (Wildman–Crippen MR) is 201 cm³/mol. The smallest absolute Gasteiger partial charge is 0.276 e. The van der Waals surface area contributed by atoms with Gasteiger partial charge >= 0.3 is 0 Å². The quantitative estimate of drug-likeness (QED) is 0.115. The first-order chi connectivity index (χ1) is 22.8. The van der Waals surface area contributed by atoms with Gasteiger partial charge in [0.05, 0.1) is 12.7 Å². The van der Waals surface area contributed by atoms with Crippen LogP contribution in [-0.4, -0.2) is 29.4 Å². The Morgan fingerprint density at radius 1 is 0.833 bits per heavy atom. The molecule has 0 bridgehead atoms. The highest BCUT2D eigenvalue weighted by molar-refractivity contribution is 7.87. The maximum Gasteiger partial charge on any atom is 0.276 e. The molecule has 48 heavy (non-hydrogen) atoms. The summed E-state index contributed by atoms with van der Waals surface area (Å²) in [5, 5.41) is 2.69. The highest BCUT2D eigenvalue weighted by Gasteiger charge is 2.59. The molecule has 2 fully saturated rings. The van der Waals surface area contributed by atoms with E-state index in [1.54, 1.807) is 13.8 Å². The molecule has 4 nitrogen and oxygen atoms in total. The Bertz CT molecular complexity index is 1620. The van der Waals surface area contributed by atoms with E-state index in [1.165, 1.54) is 27.9 Å². The monoisotopic (exact) mass is 686 g/mol. The van der Waals surface area contributed by atoms with Gasteiger partial charge in [-0.1, -0.05) is 126 Å². The largest absolute Gasteiger partial charge is 0.404 e. The summed E-state index contributed by atoms with van der Waals surface area (Å²) in [7, 11) is -6.40. The van der Waals surface area contributed by atoms with Gasteiger partial charge in [0, 0.05) is 0 Å². The standard InChI is InChI=1S/C42H58O4SSi/c1-8-9-16-29-45-47(43,44)41(5,6)32-22-24-35-31(30-32)21-23-37-36(35)27-28-42(7)38(37)25-26-39(42)46-48(40(2,3)4,33-17-12-10-13-18-33)34-19-14-11-15-20-34/h10-15,17-20,22,24,30,36-39H,8-9,16,21,23,25-29H2,1-7H3/t36-,37-,38+,39+,42+/m1/s1. The fourth-order valence-corrected chi connectivity index (χ4v) is 15.7. The van der Waals surface area contributed by atoms with Crippen LogP contribution >= 0.6 is 0 Å². The molecule has 0 radical (unpaired) electrons. The summed E-state index contributed by atoms with van der Waals surface area (Å²) in [6.45, 7) is 15.7. The van der Waals surface area contributed by atoms with Crippen LogP contribution in [0.5, 0.6) is 0 Å². The number of fused-ring (bicyclic) bond motifs is 5. The number of hydrogen-bond donors (Lipinski definition) is 0. The maximum absolute atomic E-state index is 13.3. The Labute approximate surface area is 292 Å². The van der Waals surface area contributed by atoms with Gasteiger partial charge in [-0.25, -0.2) is 0 Å². The molecule has 0 saturated heterocycles. The first-order valence-electron chi connectivity index (χ1n) is 18.6. The highest BCUT2D eigenvalue weighted by Crippen LogP contribution is 2.62. The van der Waals surface area contributed by atoms with E-state index in [2.05, 4.69) is 113 Å². The molecule has 3 aliphatic rings. The van der Waals surface area contributed by atoms with Crippen molar-refractivity contribution in [3.63, 3.8) is 0 Å². The van der Waals surface area contributed by atoms with Crippen LogP contribution in [0.25, 0.3) is 0 Å². The van der Waals surface area contributed by atoms with Crippen LogP contribution in [0.15, 0.2) is 78.9 Å². The van der Waals surface area contributed by atoms with Gasteiger partial charge in [0.25, 0.3) is 18.4 Å². The van der Waals surface area contributed by atoms with E-state index in [4.69, 9.17) is 8.61 Å². The first-order valence-corrected chi connectivity index (χ1v) is 21.9. The van der Waals surface area contributed by atoms with Gasteiger partial charge in [-0.2, -0.15) is 8.42 Å². The highest BCUT2D eigenvalue weighted by atomic mass is 32.2. The third kappa shape index (κ3) is 6.07. The van der Waals surface area contributed by atoms with Gasteiger partial charge in [0.15, 0.2) is 0 Å². The second-order valence-corrected chi connectivity index (χ2v) is 23.1. The van der Waals surface area contributed by atoms with Crippen LogP contribution in [0.1, 0.15) is 122 Å². The van der Waals surface area contributed by atoms with Gasteiger partial charge in [-0.15, -0.1) is 0 Å². The lowest BCUT2D eigenvalue weighted by Crippen LogP contribution is -2.68. The van der Waals surface area contributed by atoms with Gasteiger partial charge in [-0.05, 0) is 114 Å². The van der Waals surface area contributed by atoms with Gasteiger partial charge in [-0.3, -0.25) is 4.18 Å². The first kappa shape index (κ1) is 35.6. The molecular formula is C42H58O4SSi. The lowest BCUT2D eigenvalue weighted by Gasteiger charge is -2.53. The zero-order valence-corrected chi connectivity index (χ0v) is 32.2. The summed E-state index contributed by atoms with van der Waals surface area (Å²) in [6, 6.07) is 28.8. The van der Waals surface area contributed by atoms with Gasteiger partial charge < -0.3 is 4.43 Å². The molecule has 0 N–H and O–H groups in total. The van der Waals surface area contributed by atoms with E-state index in [0.717, 1.165) is 56.9 Å². The zero-order chi connectivity index (χ0) is 34.4. The molecule has 3 aromatic rings. The lowest BCUT2D eigenvalue weighted by molar-refractivity contribution is -0.0149. The summed E-state index contributed by atoms with van der Waals surface area (Å²) in [5.74, 6) is 1.78. The second-order valence-electron chi connectivity index (χ2n) is 16.7. The topological polar surface area (TPSA) is 52.6 Å². The van der Waals surface area contributed by atoms with Crippen molar-refractivity contribution in [2.75, 3.05) is 6.61 Å². The van der Waals surface area contributed by atoms with E-state index in [1.807, 2.05) is 0 Å². The minimum atomic E-state index is -3.75. The summed E-state index contributed by atoms with van der Waals surface area (Å²) in [5.41, 5.74) is 3.77. The molecule has 0 aromatic heterocycles. The number of benzene rings is 3. The molecule has 3 aromatic carbocycles. The van der Waals surface area contributed by atoms with Crippen molar-refractivity contribution in [3.8, 4) is 0 Å². The normalized spacial score (nSPS) is 26.1. The summed E-state index contributed by atoms with van der Waals surface area (Å²) in [4.78, 5) is 0. The number of unbranched alkanes of at least 4 members (excludes halogenated alkanes) is 2. The zero-order valence-electron chi connectivity index (χ0n) is 30.4. The predicted octanol–water partition coefficient (Wildman–Crippen LogP) is 9.26. The van der Waals surface area contributed by atoms with Crippen molar-refractivity contribution in [1.82, 2.24) is 0 Å². The maximum atomic E-state index is 13.3. The molecule has 0 amide bonds. The van der Waals surface area contributed by atoms with E-state index in [9.17, 15) is 8.42 Å². The van der Waals surface area contributed by atoms with Crippen LogP contribution in [0.3, 0.4) is 0 Å². The van der Waals surface area contributed by atoms with Gasteiger partial charge in [0.2, 0.25) is 0 Å². The van der Waals surface area contributed by atoms with E-state index < -0.39 is 23.2 Å². The van der Waals surface area contributed by atoms with Crippen molar-refractivity contribution >= 4 is 28.8 Å². The van der Waals surface area contributed by atoms with Crippen LogP contribution < -0.4 is 10.4 Å². The average molecular weight is 687 g/mol. The fraction of sp³-hybridized carbons (Fsp3) is 0.571. The van der Waals surface area contributed by atoms with Gasteiger partial charge in [0.1, 0.15) is 4.75 Å². The minimum Gasteiger partial charge on any atom is -0.404 e. The van der Waals surface area contributed by atoms with E-state index in [-0.39, 0.29) is 23.2 Å². The van der Waals surface area contributed by atoms with Crippen molar-refractivity contribution in [1.29, 1.82) is 0 Å². The summed E-state index contributed by atoms with van der Waals surface area (Å²) in [6.07, 6.45) is 9.82. The number of aryl methyl sites for hydroxylation is 1. The second kappa shape index (κ2) is 13.5. The summed E-state index contributed by atoms with van der Waals surface area (Å²) < 4.78 is 38.9. The van der Waals surface area contributed by atoms with Crippen LogP contribution in [0, 0.1) is 17.3 Å².